The molecule has 1 N–H and O–H groups in total. The van der Waals surface area contributed by atoms with Crippen molar-refractivity contribution in [2.75, 3.05) is 38.2 Å². The van der Waals surface area contributed by atoms with Gasteiger partial charge in [-0.15, -0.1) is 0 Å². The van der Waals surface area contributed by atoms with E-state index in [0.717, 1.165) is 46.5 Å². The monoisotopic (exact) mass is 414 g/mol. The van der Waals surface area contributed by atoms with Crippen LogP contribution < -0.4 is 4.90 Å². The molecule has 1 aromatic heterocycles. The van der Waals surface area contributed by atoms with Crippen molar-refractivity contribution in [1.82, 2.24) is 14.9 Å². The molecule has 0 bridgehead atoms. The molecule has 2 aromatic carbocycles. The maximum Gasteiger partial charge on any atom is 0.234 e. The minimum atomic E-state index is -0.0369. The fourth-order valence-electron chi connectivity index (χ4n) is 3.57. The van der Waals surface area contributed by atoms with Gasteiger partial charge >= 0.3 is 0 Å². The molecule has 2 heterocycles. The highest BCUT2D eigenvalue weighted by Crippen LogP contribution is 2.30. The summed E-state index contributed by atoms with van der Waals surface area (Å²) in [5, 5.41) is 9.95. The van der Waals surface area contributed by atoms with Gasteiger partial charge in [0.25, 0.3) is 0 Å². The molecule has 0 atom stereocenters. The van der Waals surface area contributed by atoms with Crippen LogP contribution in [0.1, 0.15) is 24.8 Å². The first kappa shape index (κ1) is 20.8. The van der Waals surface area contributed by atoms with Crippen molar-refractivity contribution < 1.29 is 9.90 Å². The van der Waals surface area contributed by atoms with E-state index in [1.165, 1.54) is 6.42 Å². The number of hydrogen-bond donors (Lipinski definition) is 1. The minimum absolute atomic E-state index is 0.0369. The minimum Gasteiger partial charge on any atom is -0.396 e. The number of amides is 1. The van der Waals surface area contributed by atoms with E-state index < -0.39 is 0 Å². The average Bonchev–Trinajstić information content (AvgIpc) is 2.76. The molecule has 1 aliphatic heterocycles. The van der Waals surface area contributed by atoms with E-state index in [-0.39, 0.29) is 18.9 Å². The number of fused-ring (bicyclic) bond motifs is 1. The van der Waals surface area contributed by atoms with Crippen LogP contribution in [0.4, 0.5) is 5.82 Å². The number of aliphatic hydroxyl groups is 1. The SMILES string of the molecule is CN(CCCO)C(=O)CC#Cc1cccc(-c2ccc3ncnc(N4CCC4)c3c2)c1. The molecule has 6 heteroatoms. The molecule has 4 rings (SSSR count). The van der Waals surface area contributed by atoms with Gasteiger partial charge in [0.05, 0.1) is 11.9 Å². The Morgan fingerprint density at radius 3 is 2.77 bits per heavy atom. The van der Waals surface area contributed by atoms with Gasteiger partial charge in [-0.2, -0.15) is 0 Å². The van der Waals surface area contributed by atoms with Crippen LogP contribution in [0.25, 0.3) is 22.0 Å². The van der Waals surface area contributed by atoms with Crippen LogP contribution in [0.5, 0.6) is 0 Å². The first-order chi connectivity index (χ1) is 15.2. The van der Waals surface area contributed by atoms with Crippen molar-refractivity contribution in [2.45, 2.75) is 19.3 Å². The normalized spacial score (nSPS) is 12.8. The zero-order valence-electron chi connectivity index (χ0n) is 17.7. The van der Waals surface area contributed by atoms with Gasteiger partial charge in [-0.25, -0.2) is 9.97 Å². The van der Waals surface area contributed by atoms with Gasteiger partial charge in [0.15, 0.2) is 0 Å². The van der Waals surface area contributed by atoms with Crippen LogP contribution in [0.15, 0.2) is 48.8 Å². The van der Waals surface area contributed by atoms with Crippen molar-refractivity contribution in [1.29, 1.82) is 0 Å². The number of hydrogen-bond acceptors (Lipinski definition) is 5. The highest BCUT2D eigenvalue weighted by molar-refractivity contribution is 5.93. The number of nitrogens with zero attached hydrogens (tertiary/aromatic N) is 4. The summed E-state index contributed by atoms with van der Waals surface area (Å²) in [7, 11) is 1.73. The molecule has 1 fully saturated rings. The predicted octanol–water partition coefficient (Wildman–Crippen LogP) is 3.09. The maximum atomic E-state index is 12.1. The summed E-state index contributed by atoms with van der Waals surface area (Å²) in [5.74, 6) is 7.04. The van der Waals surface area contributed by atoms with E-state index in [9.17, 15) is 4.79 Å². The lowest BCUT2D eigenvalue weighted by Gasteiger charge is -2.32. The molecule has 0 radical (unpaired) electrons. The smallest absolute Gasteiger partial charge is 0.234 e. The number of aromatic nitrogens is 2. The van der Waals surface area contributed by atoms with E-state index in [1.807, 2.05) is 24.3 Å². The van der Waals surface area contributed by atoms with E-state index in [0.29, 0.717) is 13.0 Å². The lowest BCUT2D eigenvalue weighted by molar-refractivity contribution is -0.128. The molecule has 0 spiro atoms. The Kier molecular flexibility index (Phi) is 6.44. The topological polar surface area (TPSA) is 69.6 Å². The van der Waals surface area contributed by atoms with Gasteiger partial charge in [-0.1, -0.05) is 30.0 Å². The highest BCUT2D eigenvalue weighted by Gasteiger charge is 2.18. The van der Waals surface area contributed by atoms with Crippen LogP contribution in [-0.2, 0) is 4.79 Å². The number of carbonyl (C=O) groups excluding carboxylic acids is 1. The number of carbonyl (C=O) groups is 1. The third-order valence-corrected chi connectivity index (χ3v) is 5.52. The second-order valence-corrected chi connectivity index (χ2v) is 7.72. The van der Waals surface area contributed by atoms with Gasteiger partial charge in [0.2, 0.25) is 5.91 Å². The van der Waals surface area contributed by atoms with Crippen molar-refractivity contribution in [3.63, 3.8) is 0 Å². The highest BCUT2D eigenvalue weighted by atomic mass is 16.3. The number of benzene rings is 2. The molecule has 0 aliphatic carbocycles. The Hall–Kier alpha value is -3.43. The zero-order valence-corrected chi connectivity index (χ0v) is 17.7. The average molecular weight is 415 g/mol. The molecule has 0 unspecified atom stereocenters. The fourth-order valence-corrected chi connectivity index (χ4v) is 3.57. The van der Waals surface area contributed by atoms with E-state index >= 15 is 0 Å². The third kappa shape index (κ3) is 4.84. The van der Waals surface area contributed by atoms with Gasteiger partial charge in [0.1, 0.15) is 12.1 Å². The second-order valence-electron chi connectivity index (χ2n) is 7.72. The fraction of sp³-hybridized carbons (Fsp3) is 0.320. The quantitative estimate of drug-likeness (QED) is 0.628. The van der Waals surface area contributed by atoms with Crippen LogP contribution in [0.2, 0.25) is 0 Å². The van der Waals surface area contributed by atoms with Gasteiger partial charge in [-0.3, -0.25) is 4.79 Å². The lowest BCUT2D eigenvalue weighted by Crippen LogP contribution is -2.37. The predicted molar refractivity (Wildman–Crippen MR) is 123 cm³/mol. The molecule has 31 heavy (non-hydrogen) atoms. The summed E-state index contributed by atoms with van der Waals surface area (Å²) in [6, 6.07) is 14.3. The number of aliphatic hydroxyl groups excluding tert-OH is 1. The summed E-state index contributed by atoms with van der Waals surface area (Å²) in [6.45, 7) is 2.69. The largest absolute Gasteiger partial charge is 0.396 e. The maximum absolute atomic E-state index is 12.1. The van der Waals surface area contributed by atoms with Crippen LogP contribution in [-0.4, -0.2) is 59.2 Å². The Labute approximate surface area is 182 Å². The molecule has 1 saturated heterocycles. The number of rotatable bonds is 6. The Bertz CT molecular complexity index is 1140. The van der Waals surface area contributed by atoms with Crippen molar-refractivity contribution in [3.05, 3.63) is 54.4 Å². The van der Waals surface area contributed by atoms with E-state index in [1.54, 1.807) is 18.3 Å². The van der Waals surface area contributed by atoms with Gasteiger partial charge < -0.3 is 14.9 Å². The van der Waals surface area contributed by atoms with Crippen LogP contribution in [0, 0.1) is 11.8 Å². The van der Waals surface area contributed by atoms with Gasteiger partial charge in [0, 0.05) is 44.2 Å². The summed E-state index contributed by atoms with van der Waals surface area (Å²) in [6.07, 6.45) is 3.58. The second kappa shape index (κ2) is 9.59. The molecular weight excluding hydrogens is 388 g/mol. The standard InChI is InChI=1S/C25H26N4O2/c1-28(12-5-15-30)24(31)9-3-7-19-6-2-8-20(16-19)21-10-11-23-22(17-21)25(27-18-26-23)29-13-4-14-29/h2,6,8,10-11,16-18,30H,4-5,9,12-15H2,1H3. The zero-order chi connectivity index (χ0) is 21.6. The molecule has 1 aliphatic rings. The first-order valence-electron chi connectivity index (χ1n) is 10.6. The van der Waals surface area contributed by atoms with Crippen LogP contribution in [0.3, 0.4) is 0 Å². The van der Waals surface area contributed by atoms with E-state index in [2.05, 4.69) is 44.9 Å². The molecular formula is C25H26N4O2. The summed E-state index contributed by atoms with van der Waals surface area (Å²) < 4.78 is 0. The Morgan fingerprint density at radius 2 is 2.00 bits per heavy atom. The molecule has 0 saturated carbocycles. The van der Waals surface area contributed by atoms with Crippen molar-refractivity contribution in [2.24, 2.45) is 0 Å². The molecule has 158 valence electrons. The Morgan fingerprint density at radius 1 is 1.16 bits per heavy atom. The van der Waals surface area contributed by atoms with Crippen molar-refractivity contribution in [3.8, 4) is 23.0 Å². The van der Waals surface area contributed by atoms with Crippen LogP contribution >= 0.6 is 0 Å². The molecule has 3 aromatic rings. The summed E-state index contributed by atoms with van der Waals surface area (Å²) in [5.41, 5.74) is 3.97. The summed E-state index contributed by atoms with van der Waals surface area (Å²) in [4.78, 5) is 24.9. The van der Waals surface area contributed by atoms with Crippen molar-refractivity contribution >= 4 is 22.6 Å². The number of anilines is 1. The lowest BCUT2D eigenvalue weighted by atomic mass is 10.0. The first-order valence-corrected chi connectivity index (χ1v) is 10.6. The summed E-state index contributed by atoms with van der Waals surface area (Å²) >= 11 is 0. The van der Waals surface area contributed by atoms with E-state index in [4.69, 9.17) is 5.11 Å². The third-order valence-electron chi connectivity index (χ3n) is 5.52. The van der Waals surface area contributed by atoms with Gasteiger partial charge in [-0.05, 0) is 48.2 Å². The molecule has 1 amide bonds. The molecule has 6 nitrogen and oxygen atoms in total. The Balaban J connectivity index is 1.53.